The molecule has 0 aliphatic carbocycles. The van der Waals surface area contributed by atoms with Crippen LogP contribution in [0, 0.1) is 0 Å². The van der Waals surface area contributed by atoms with E-state index in [2.05, 4.69) is 5.32 Å². The van der Waals surface area contributed by atoms with Crippen molar-refractivity contribution < 1.29 is 19.1 Å². The minimum absolute atomic E-state index is 0.0103. The third kappa shape index (κ3) is 3.93. The molecular formula is C26H28ClN3O4. The molecule has 1 saturated heterocycles. The predicted molar refractivity (Wildman–Crippen MR) is 130 cm³/mol. The third-order valence-electron chi connectivity index (χ3n) is 6.93. The number of fused-ring (bicyclic) bond motifs is 3. The van der Waals surface area contributed by atoms with Crippen molar-refractivity contribution in [2.24, 2.45) is 0 Å². The van der Waals surface area contributed by atoms with Gasteiger partial charge in [0.05, 0.1) is 25.3 Å². The van der Waals surface area contributed by atoms with Crippen LogP contribution in [-0.2, 0) is 22.6 Å². The molecular weight excluding hydrogens is 454 g/mol. The van der Waals surface area contributed by atoms with Crippen molar-refractivity contribution >= 4 is 34.3 Å². The van der Waals surface area contributed by atoms with Crippen LogP contribution in [0.1, 0.15) is 35.8 Å². The lowest BCUT2D eigenvalue weighted by molar-refractivity contribution is -0.133. The van der Waals surface area contributed by atoms with E-state index in [0.29, 0.717) is 29.6 Å². The zero-order chi connectivity index (χ0) is 23.9. The highest BCUT2D eigenvalue weighted by atomic mass is 35.5. The number of nitrogens with zero attached hydrogens (tertiary/aromatic N) is 2. The number of aromatic nitrogens is 1. The van der Waals surface area contributed by atoms with Crippen molar-refractivity contribution in [1.82, 2.24) is 14.8 Å². The Labute approximate surface area is 203 Å². The number of amides is 2. The van der Waals surface area contributed by atoms with Crippen molar-refractivity contribution in [3.63, 3.8) is 0 Å². The van der Waals surface area contributed by atoms with E-state index in [-0.39, 0.29) is 24.5 Å². The molecule has 8 heteroatoms. The van der Waals surface area contributed by atoms with Crippen molar-refractivity contribution in [1.29, 1.82) is 0 Å². The summed E-state index contributed by atoms with van der Waals surface area (Å²) in [5.41, 5.74) is 1.07. The Balaban J connectivity index is 1.55. The maximum atomic E-state index is 13.9. The molecule has 0 bridgehead atoms. The third-order valence-corrected chi connectivity index (χ3v) is 7.30. The molecule has 34 heavy (non-hydrogen) atoms. The number of methoxy groups -OCH3 is 1. The molecule has 7 nitrogen and oxygen atoms in total. The number of ether oxygens (including phenoxy) is 2. The van der Waals surface area contributed by atoms with Gasteiger partial charge in [0.15, 0.2) is 0 Å². The molecule has 3 aromatic rings. The first-order chi connectivity index (χ1) is 16.4. The summed E-state index contributed by atoms with van der Waals surface area (Å²) in [6.07, 6.45) is 1.93. The summed E-state index contributed by atoms with van der Waals surface area (Å²) in [6.45, 7) is 3.51. The van der Waals surface area contributed by atoms with Crippen LogP contribution in [0.2, 0.25) is 5.02 Å². The number of halogens is 1. The number of hydrogen-bond acceptors (Lipinski definition) is 4. The van der Waals surface area contributed by atoms with Crippen LogP contribution in [0.5, 0.6) is 5.75 Å². The van der Waals surface area contributed by atoms with Gasteiger partial charge in [-0.05, 0) is 49.6 Å². The Morgan fingerprint density at radius 1 is 1.26 bits per heavy atom. The lowest BCUT2D eigenvalue weighted by Crippen LogP contribution is -2.64. The summed E-state index contributed by atoms with van der Waals surface area (Å²) in [7, 11) is 1.61. The standard InChI is InChI=1S/C26H28ClN3O4/c1-26(25(32)28-14-20-7-5-11-34-20)16-29-22-13-19(33-2)10-9-17(22)12-23(29)24(31)30(26)15-18-6-3-4-8-21(18)27/h3-4,6,8-10,12-13,20H,5,7,11,14-16H2,1-2H3,(H,28,32)/t20-,26+/m0/s1. The second kappa shape index (κ2) is 8.96. The molecule has 3 heterocycles. The fourth-order valence-corrected chi connectivity index (χ4v) is 5.10. The topological polar surface area (TPSA) is 72.8 Å². The van der Waals surface area contributed by atoms with Gasteiger partial charge in [-0.15, -0.1) is 0 Å². The van der Waals surface area contributed by atoms with Crippen LogP contribution in [0.4, 0.5) is 0 Å². The molecule has 5 rings (SSSR count). The second-order valence-corrected chi connectivity index (χ2v) is 9.55. The van der Waals surface area contributed by atoms with Gasteiger partial charge in [-0.3, -0.25) is 9.59 Å². The summed E-state index contributed by atoms with van der Waals surface area (Å²) >= 11 is 6.43. The largest absolute Gasteiger partial charge is 0.497 e. The average molecular weight is 482 g/mol. The Morgan fingerprint density at radius 2 is 2.09 bits per heavy atom. The molecule has 1 fully saturated rings. The Bertz CT molecular complexity index is 1250. The van der Waals surface area contributed by atoms with E-state index < -0.39 is 5.54 Å². The molecule has 2 aromatic carbocycles. The highest BCUT2D eigenvalue weighted by Gasteiger charge is 2.48. The molecule has 178 valence electrons. The number of nitrogens with one attached hydrogen (secondary N) is 1. The van der Waals surface area contributed by atoms with E-state index in [4.69, 9.17) is 21.1 Å². The Kier molecular flexibility index (Phi) is 6.00. The van der Waals surface area contributed by atoms with Crippen molar-refractivity contribution in [3.8, 4) is 5.75 Å². The van der Waals surface area contributed by atoms with Crippen molar-refractivity contribution in [2.45, 2.75) is 44.5 Å². The number of hydrogen-bond donors (Lipinski definition) is 1. The zero-order valence-corrected chi connectivity index (χ0v) is 20.1. The maximum Gasteiger partial charge on any atom is 0.271 e. The first-order valence-corrected chi connectivity index (χ1v) is 11.9. The lowest BCUT2D eigenvalue weighted by atomic mass is 9.93. The van der Waals surface area contributed by atoms with Crippen LogP contribution in [0.3, 0.4) is 0 Å². The second-order valence-electron chi connectivity index (χ2n) is 9.14. The molecule has 2 amide bonds. The van der Waals surface area contributed by atoms with Gasteiger partial charge in [0, 0.05) is 36.2 Å². The van der Waals surface area contributed by atoms with E-state index in [9.17, 15) is 9.59 Å². The van der Waals surface area contributed by atoms with Gasteiger partial charge in [-0.1, -0.05) is 29.8 Å². The molecule has 0 saturated carbocycles. The van der Waals surface area contributed by atoms with Crippen LogP contribution in [0.15, 0.2) is 48.5 Å². The Hall–Kier alpha value is -3.03. The normalized spacial score (nSPS) is 22.1. The summed E-state index contributed by atoms with van der Waals surface area (Å²) < 4.78 is 13.0. The van der Waals surface area contributed by atoms with Gasteiger partial charge in [-0.2, -0.15) is 0 Å². The maximum absolute atomic E-state index is 13.9. The number of carbonyl (C=O) groups is 2. The molecule has 0 unspecified atom stereocenters. The van der Waals surface area contributed by atoms with Crippen molar-refractivity contribution in [3.05, 3.63) is 64.8 Å². The fraction of sp³-hybridized carbons (Fsp3) is 0.385. The minimum atomic E-state index is -1.13. The molecule has 1 aromatic heterocycles. The van der Waals surface area contributed by atoms with Crippen LogP contribution >= 0.6 is 11.6 Å². The van der Waals surface area contributed by atoms with Crippen LogP contribution in [0.25, 0.3) is 10.9 Å². The van der Waals surface area contributed by atoms with Gasteiger partial charge < -0.3 is 24.3 Å². The van der Waals surface area contributed by atoms with E-state index in [1.807, 2.05) is 54.0 Å². The first kappa shape index (κ1) is 22.7. The fourth-order valence-electron chi connectivity index (χ4n) is 4.90. The summed E-state index contributed by atoms with van der Waals surface area (Å²) in [5.74, 6) is 0.277. The van der Waals surface area contributed by atoms with Crippen LogP contribution < -0.4 is 10.1 Å². The highest BCUT2D eigenvalue weighted by Crippen LogP contribution is 2.35. The monoisotopic (exact) mass is 481 g/mol. The molecule has 0 radical (unpaired) electrons. The van der Waals surface area contributed by atoms with Gasteiger partial charge >= 0.3 is 0 Å². The minimum Gasteiger partial charge on any atom is -0.497 e. The average Bonchev–Trinajstić information content (AvgIpc) is 3.49. The smallest absolute Gasteiger partial charge is 0.271 e. The van der Waals surface area contributed by atoms with Gasteiger partial charge in [0.2, 0.25) is 5.91 Å². The number of rotatable bonds is 6. The lowest BCUT2D eigenvalue weighted by Gasteiger charge is -2.44. The first-order valence-electron chi connectivity index (χ1n) is 11.5. The van der Waals surface area contributed by atoms with Crippen LogP contribution in [-0.4, -0.2) is 53.2 Å². The van der Waals surface area contributed by atoms with Crippen molar-refractivity contribution in [2.75, 3.05) is 20.3 Å². The van der Waals surface area contributed by atoms with Gasteiger partial charge in [0.1, 0.15) is 17.0 Å². The van der Waals surface area contributed by atoms with E-state index in [0.717, 1.165) is 35.9 Å². The number of benzene rings is 2. The van der Waals surface area contributed by atoms with E-state index >= 15 is 0 Å². The summed E-state index contributed by atoms with van der Waals surface area (Å²) in [4.78, 5) is 29.2. The van der Waals surface area contributed by atoms with E-state index in [1.54, 1.807) is 18.1 Å². The van der Waals surface area contributed by atoms with Gasteiger partial charge in [0.25, 0.3) is 5.91 Å². The molecule has 0 spiro atoms. The zero-order valence-electron chi connectivity index (χ0n) is 19.3. The summed E-state index contributed by atoms with van der Waals surface area (Å²) in [5, 5.41) is 4.54. The summed E-state index contributed by atoms with van der Waals surface area (Å²) in [6, 6.07) is 15.0. The molecule has 2 aliphatic rings. The number of carbonyl (C=O) groups excluding carboxylic acids is 2. The SMILES string of the molecule is COc1ccc2cc3n(c2c1)C[C@](C)(C(=O)NC[C@@H]1CCCO1)N(Cc1ccccc1Cl)C3=O. The molecule has 1 N–H and O–H groups in total. The predicted octanol–water partition coefficient (Wildman–Crippen LogP) is 4.01. The van der Waals surface area contributed by atoms with Gasteiger partial charge in [-0.25, -0.2) is 0 Å². The Morgan fingerprint density at radius 3 is 2.82 bits per heavy atom. The quantitative estimate of drug-likeness (QED) is 0.577. The molecule has 2 atom stereocenters. The van der Waals surface area contributed by atoms with E-state index in [1.165, 1.54) is 0 Å². The highest BCUT2D eigenvalue weighted by molar-refractivity contribution is 6.31. The molecule has 2 aliphatic heterocycles.